The molecule has 0 bridgehead atoms. The Kier molecular flexibility index (Phi) is 4.72. The van der Waals surface area contributed by atoms with Gasteiger partial charge in [-0.05, 0) is 37.6 Å². The number of nitro benzene ring substituents is 1. The average Bonchev–Trinajstić information content (AvgIpc) is 2.54. The van der Waals surface area contributed by atoms with Crippen molar-refractivity contribution in [1.29, 1.82) is 5.26 Å². The van der Waals surface area contributed by atoms with Crippen LogP contribution < -0.4 is 5.32 Å². The van der Waals surface area contributed by atoms with E-state index in [0.717, 1.165) is 5.56 Å². The predicted octanol–water partition coefficient (Wildman–Crippen LogP) is 3.27. The minimum absolute atomic E-state index is 0.0799. The molecule has 0 spiro atoms. The van der Waals surface area contributed by atoms with Gasteiger partial charge in [0.15, 0.2) is 0 Å². The van der Waals surface area contributed by atoms with Gasteiger partial charge < -0.3 is 5.32 Å². The molecule has 116 valence electrons. The quantitative estimate of drug-likeness (QED) is 0.692. The number of carbonyl (C=O) groups excluding carboxylic acids is 1. The molecule has 0 aliphatic rings. The average molecular weight is 309 g/mol. The van der Waals surface area contributed by atoms with Crippen LogP contribution in [0.15, 0.2) is 42.5 Å². The summed E-state index contributed by atoms with van der Waals surface area (Å²) in [5.41, 5.74) is 2.05. The Bertz CT molecular complexity index is 792. The van der Waals surface area contributed by atoms with Gasteiger partial charge in [0.05, 0.1) is 22.6 Å². The Hall–Kier alpha value is -3.20. The first-order valence-corrected chi connectivity index (χ1v) is 6.98. The molecular weight excluding hydrogens is 294 g/mol. The molecule has 0 radical (unpaired) electrons. The van der Waals surface area contributed by atoms with Crippen LogP contribution in [0, 0.1) is 28.4 Å². The van der Waals surface area contributed by atoms with Crippen LogP contribution in [0.5, 0.6) is 0 Å². The number of nitro groups is 1. The van der Waals surface area contributed by atoms with Gasteiger partial charge in [0.2, 0.25) is 0 Å². The van der Waals surface area contributed by atoms with Gasteiger partial charge in [0.25, 0.3) is 11.6 Å². The molecule has 6 heteroatoms. The molecule has 2 aromatic carbocycles. The van der Waals surface area contributed by atoms with E-state index in [1.165, 1.54) is 6.07 Å². The maximum absolute atomic E-state index is 12.3. The number of aryl methyl sites for hydroxylation is 1. The van der Waals surface area contributed by atoms with Crippen LogP contribution in [0.3, 0.4) is 0 Å². The molecule has 0 fully saturated rings. The minimum atomic E-state index is -0.504. The number of hydrogen-bond donors (Lipinski definition) is 1. The number of carbonyl (C=O) groups is 1. The lowest BCUT2D eigenvalue weighted by molar-refractivity contribution is -0.385. The largest absolute Gasteiger partial charge is 0.346 e. The van der Waals surface area contributed by atoms with E-state index in [9.17, 15) is 14.9 Å². The van der Waals surface area contributed by atoms with Crippen molar-refractivity contribution in [2.24, 2.45) is 0 Å². The van der Waals surface area contributed by atoms with Gasteiger partial charge in [0.1, 0.15) is 0 Å². The SMILES string of the molecule is Cc1ccc(C(=O)NC(C)c2ccc(C#N)cc2)cc1[N+](=O)[O-]. The lowest BCUT2D eigenvalue weighted by Crippen LogP contribution is -2.26. The normalized spacial score (nSPS) is 11.3. The van der Waals surface area contributed by atoms with Crippen LogP contribution >= 0.6 is 0 Å². The fraction of sp³-hybridized carbons (Fsp3) is 0.176. The third-order valence-electron chi connectivity index (χ3n) is 3.56. The maximum Gasteiger partial charge on any atom is 0.273 e. The highest BCUT2D eigenvalue weighted by molar-refractivity contribution is 5.95. The summed E-state index contributed by atoms with van der Waals surface area (Å²) in [6.07, 6.45) is 0. The Morgan fingerprint density at radius 2 is 1.91 bits per heavy atom. The van der Waals surface area contributed by atoms with Crippen LogP contribution in [0.2, 0.25) is 0 Å². The number of nitrogens with zero attached hydrogens (tertiary/aromatic N) is 2. The second-order valence-corrected chi connectivity index (χ2v) is 5.19. The van der Waals surface area contributed by atoms with Crippen molar-refractivity contribution in [1.82, 2.24) is 5.32 Å². The van der Waals surface area contributed by atoms with E-state index in [1.807, 2.05) is 13.0 Å². The van der Waals surface area contributed by atoms with Crippen molar-refractivity contribution in [3.8, 4) is 6.07 Å². The summed E-state index contributed by atoms with van der Waals surface area (Å²) in [5.74, 6) is -0.384. The lowest BCUT2D eigenvalue weighted by atomic mass is 10.1. The summed E-state index contributed by atoms with van der Waals surface area (Å²) in [6.45, 7) is 3.43. The molecule has 0 saturated carbocycles. The molecule has 1 amide bonds. The first-order valence-electron chi connectivity index (χ1n) is 6.98. The molecule has 0 heterocycles. The number of nitrogens with one attached hydrogen (secondary N) is 1. The maximum atomic E-state index is 12.3. The Balaban J connectivity index is 2.16. The van der Waals surface area contributed by atoms with Crippen LogP contribution in [0.1, 0.15) is 40.0 Å². The highest BCUT2D eigenvalue weighted by Crippen LogP contribution is 2.20. The van der Waals surface area contributed by atoms with Crippen molar-refractivity contribution in [2.75, 3.05) is 0 Å². The van der Waals surface area contributed by atoms with E-state index in [1.54, 1.807) is 43.3 Å². The Labute approximate surface area is 133 Å². The molecule has 0 aliphatic carbocycles. The second-order valence-electron chi connectivity index (χ2n) is 5.19. The first kappa shape index (κ1) is 16.2. The summed E-state index contributed by atoms with van der Waals surface area (Å²) < 4.78 is 0. The monoisotopic (exact) mass is 309 g/mol. The molecule has 0 saturated heterocycles. The standard InChI is InChI=1S/C17H15N3O3/c1-11-3-6-15(9-16(11)20(22)23)17(21)19-12(2)14-7-4-13(10-18)5-8-14/h3-9,12H,1-2H3,(H,19,21). The van der Waals surface area contributed by atoms with Crippen molar-refractivity contribution in [3.05, 3.63) is 74.8 Å². The Morgan fingerprint density at radius 3 is 2.48 bits per heavy atom. The lowest BCUT2D eigenvalue weighted by Gasteiger charge is -2.14. The van der Waals surface area contributed by atoms with Gasteiger partial charge in [-0.15, -0.1) is 0 Å². The van der Waals surface area contributed by atoms with E-state index in [0.29, 0.717) is 11.1 Å². The number of amides is 1. The zero-order valence-electron chi connectivity index (χ0n) is 12.7. The van der Waals surface area contributed by atoms with Gasteiger partial charge in [-0.2, -0.15) is 5.26 Å². The van der Waals surface area contributed by atoms with Gasteiger partial charge in [-0.25, -0.2) is 0 Å². The minimum Gasteiger partial charge on any atom is -0.346 e. The van der Waals surface area contributed by atoms with Gasteiger partial charge >= 0.3 is 0 Å². The topological polar surface area (TPSA) is 96.0 Å². The molecule has 1 unspecified atom stereocenters. The van der Waals surface area contributed by atoms with E-state index < -0.39 is 4.92 Å². The summed E-state index contributed by atoms with van der Waals surface area (Å²) in [4.78, 5) is 22.7. The fourth-order valence-corrected chi connectivity index (χ4v) is 2.16. The van der Waals surface area contributed by atoms with Gasteiger partial charge in [0, 0.05) is 17.2 Å². The third kappa shape index (κ3) is 3.71. The van der Waals surface area contributed by atoms with Crippen LogP contribution in [-0.2, 0) is 0 Å². The molecule has 2 rings (SSSR count). The molecule has 1 N–H and O–H groups in total. The summed E-state index contributed by atoms with van der Waals surface area (Å²) in [6, 6.07) is 13.0. The predicted molar refractivity (Wildman–Crippen MR) is 84.9 cm³/mol. The molecule has 1 atom stereocenters. The van der Waals surface area contributed by atoms with Crippen LogP contribution in [0.25, 0.3) is 0 Å². The summed E-state index contributed by atoms with van der Waals surface area (Å²) in [5, 5.41) is 22.5. The third-order valence-corrected chi connectivity index (χ3v) is 3.56. The fourth-order valence-electron chi connectivity index (χ4n) is 2.16. The van der Waals surface area contributed by atoms with Crippen LogP contribution in [0.4, 0.5) is 5.69 Å². The van der Waals surface area contributed by atoms with Crippen molar-refractivity contribution in [2.45, 2.75) is 19.9 Å². The van der Waals surface area contributed by atoms with Crippen LogP contribution in [-0.4, -0.2) is 10.8 Å². The highest BCUT2D eigenvalue weighted by atomic mass is 16.6. The van der Waals surface area contributed by atoms with Crippen molar-refractivity contribution >= 4 is 11.6 Å². The van der Waals surface area contributed by atoms with E-state index in [2.05, 4.69) is 5.32 Å². The highest BCUT2D eigenvalue weighted by Gasteiger charge is 2.16. The smallest absolute Gasteiger partial charge is 0.273 e. The van der Waals surface area contributed by atoms with Gasteiger partial charge in [-0.1, -0.05) is 18.2 Å². The number of benzene rings is 2. The zero-order chi connectivity index (χ0) is 17.0. The molecule has 6 nitrogen and oxygen atoms in total. The first-order chi connectivity index (χ1) is 10.9. The molecule has 2 aromatic rings. The van der Waals surface area contributed by atoms with E-state index >= 15 is 0 Å². The Morgan fingerprint density at radius 1 is 1.26 bits per heavy atom. The van der Waals surface area contributed by atoms with Gasteiger partial charge in [-0.3, -0.25) is 14.9 Å². The number of nitriles is 1. The molecular formula is C17H15N3O3. The summed E-state index contributed by atoms with van der Waals surface area (Å²) >= 11 is 0. The molecule has 0 aliphatic heterocycles. The van der Waals surface area contributed by atoms with Crippen molar-refractivity contribution in [3.63, 3.8) is 0 Å². The molecule has 23 heavy (non-hydrogen) atoms. The molecule has 0 aromatic heterocycles. The van der Waals surface area contributed by atoms with E-state index in [-0.39, 0.29) is 23.2 Å². The zero-order valence-corrected chi connectivity index (χ0v) is 12.7. The summed E-state index contributed by atoms with van der Waals surface area (Å²) in [7, 11) is 0. The number of rotatable bonds is 4. The number of hydrogen-bond acceptors (Lipinski definition) is 4. The second kappa shape index (κ2) is 6.71. The van der Waals surface area contributed by atoms with Crippen molar-refractivity contribution < 1.29 is 9.72 Å². The van der Waals surface area contributed by atoms with E-state index in [4.69, 9.17) is 5.26 Å².